The summed E-state index contributed by atoms with van der Waals surface area (Å²) in [6.07, 6.45) is 0.904. The van der Waals surface area contributed by atoms with Crippen molar-refractivity contribution in [2.75, 3.05) is 38.2 Å². The molecular weight excluding hydrogens is 490 g/mol. The van der Waals surface area contributed by atoms with E-state index in [1.54, 1.807) is 12.1 Å². The number of sulfonamides is 2. The SMILES string of the molecule is O=C(Nc1cccc(S(=O)(=O)N2CCOCC2)c1)[C@@H]1CCCN1S(=O)(=O)c1ccc(Cl)cc1. The molecule has 9 nitrogen and oxygen atoms in total. The van der Waals surface area contributed by atoms with Crippen LogP contribution in [0.2, 0.25) is 5.02 Å². The maximum atomic E-state index is 13.1. The van der Waals surface area contributed by atoms with Crippen LogP contribution in [-0.2, 0) is 29.6 Å². The summed E-state index contributed by atoms with van der Waals surface area (Å²) >= 11 is 5.86. The molecule has 33 heavy (non-hydrogen) atoms. The van der Waals surface area contributed by atoms with E-state index in [9.17, 15) is 21.6 Å². The van der Waals surface area contributed by atoms with E-state index >= 15 is 0 Å². The molecule has 0 radical (unpaired) electrons. The minimum Gasteiger partial charge on any atom is -0.379 e. The van der Waals surface area contributed by atoms with Gasteiger partial charge in [-0.05, 0) is 55.3 Å². The van der Waals surface area contributed by atoms with Crippen LogP contribution in [0.1, 0.15) is 12.8 Å². The number of carbonyl (C=O) groups excluding carboxylic acids is 1. The van der Waals surface area contributed by atoms with Gasteiger partial charge in [-0.1, -0.05) is 17.7 Å². The fourth-order valence-corrected chi connectivity index (χ4v) is 7.16. The molecule has 0 aliphatic carbocycles. The highest BCUT2D eigenvalue weighted by molar-refractivity contribution is 7.89. The molecule has 0 unspecified atom stereocenters. The van der Waals surface area contributed by atoms with Gasteiger partial charge in [-0.25, -0.2) is 16.8 Å². The van der Waals surface area contributed by atoms with Gasteiger partial charge in [0.15, 0.2) is 0 Å². The first kappa shape index (κ1) is 24.1. The summed E-state index contributed by atoms with van der Waals surface area (Å²) < 4.78 is 59.7. The van der Waals surface area contributed by atoms with Crippen LogP contribution in [0.3, 0.4) is 0 Å². The van der Waals surface area contributed by atoms with Gasteiger partial charge in [-0.15, -0.1) is 0 Å². The van der Waals surface area contributed by atoms with Crippen molar-refractivity contribution in [3.63, 3.8) is 0 Å². The van der Waals surface area contributed by atoms with Crippen LogP contribution in [0.4, 0.5) is 5.69 Å². The Kier molecular flexibility index (Phi) is 7.08. The average molecular weight is 514 g/mol. The Balaban J connectivity index is 1.52. The average Bonchev–Trinajstić information content (AvgIpc) is 3.31. The normalized spacial score (nSPS) is 20.6. The van der Waals surface area contributed by atoms with E-state index in [4.69, 9.17) is 16.3 Å². The molecule has 2 aliphatic rings. The molecular formula is C21H24ClN3O6S2. The summed E-state index contributed by atoms with van der Waals surface area (Å²) in [5, 5.41) is 3.10. The predicted octanol–water partition coefficient (Wildman–Crippen LogP) is 2.15. The molecule has 4 rings (SSSR count). The number of nitrogens with one attached hydrogen (secondary N) is 1. The lowest BCUT2D eigenvalue weighted by Crippen LogP contribution is -2.43. The number of rotatable bonds is 6. The minimum absolute atomic E-state index is 0.0549. The van der Waals surface area contributed by atoms with Crippen LogP contribution in [0.5, 0.6) is 0 Å². The topological polar surface area (TPSA) is 113 Å². The summed E-state index contributed by atoms with van der Waals surface area (Å²) in [6.45, 7) is 1.40. The number of anilines is 1. The molecule has 2 fully saturated rings. The first-order valence-corrected chi connectivity index (χ1v) is 13.7. The zero-order valence-electron chi connectivity index (χ0n) is 17.7. The number of carbonyl (C=O) groups is 1. The number of halogens is 1. The van der Waals surface area contributed by atoms with E-state index < -0.39 is 32.0 Å². The van der Waals surface area contributed by atoms with Gasteiger partial charge in [-0.2, -0.15) is 8.61 Å². The van der Waals surface area contributed by atoms with Crippen molar-refractivity contribution in [3.8, 4) is 0 Å². The van der Waals surface area contributed by atoms with Gasteiger partial charge < -0.3 is 10.1 Å². The lowest BCUT2D eigenvalue weighted by Gasteiger charge is -2.26. The number of hydrogen-bond acceptors (Lipinski definition) is 6. The Bertz CT molecular complexity index is 1230. The van der Waals surface area contributed by atoms with Crippen molar-refractivity contribution < 1.29 is 26.4 Å². The summed E-state index contributed by atoms with van der Waals surface area (Å²) in [7, 11) is -7.62. The fourth-order valence-electron chi connectivity index (χ4n) is 3.93. The van der Waals surface area contributed by atoms with Gasteiger partial charge in [0.2, 0.25) is 26.0 Å². The third kappa shape index (κ3) is 5.08. The highest BCUT2D eigenvalue weighted by Crippen LogP contribution is 2.28. The first-order chi connectivity index (χ1) is 15.7. The number of amides is 1. The molecule has 2 aromatic rings. The lowest BCUT2D eigenvalue weighted by atomic mass is 10.2. The molecule has 0 aromatic heterocycles. The van der Waals surface area contributed by atoms with E-state index in [1.165, 1.54) is 45.0 Å². The molecule has 1 N–H and O–H groups in total. The molecule has 12 heteroatoms. The second kappa shape index (κ2) is 9.69. The molecule has 0 saturated carbocycles. The highest BCUT2D eigenvalue weighted by Gasteiger charge is 2.39. The molecule has 1 atom stereocenters. The van der Waals surface area contributed by atoms with Gasteiger partial charge in [0.05, 0.1) is 23.0 Å². The number of hydrogen-bond donors (Lipinski definition) is 1. The van der Waals surface area contributed by atoms with E-state index in [-0.39, 0.29) is 35.1 Å². The Hall–Kier alpha value is -2.02. The third-order valence-electron chi connectivity index (χ3n) is 5.64. The summed E-state index contributed by atoms with van der Waals surface area (Å²) in [6, 6.07) is 10.9. The van der Waals surface area contributed by atoms with Crippen molar-refractivity contribution >= 4 is 43.2 Å². The molecule has 178 valence electrons. The van der Waals surface area contributed by atoms with E-state index in [0.29, 0.717) is 31.1 Å². The van der Waals surface area contributed by atoms with Crippen molar-refractivity contribution in [1.82, 2.24) is 8.61 Å². The third-order valence-corrected chi connectivity index (χ3v) is 9.70. The van der Waals surface area contributed by atoms with E-state index in [0.717, 1.165) is 0 Å². The second-order valence-corrected chi connectivity index (χ2v) is 12.0. The van der Waals surface area contributed by atoms with Gasteiger partial charge in [0.25, 0.3) is 0 Å². The molecule has 0 bridgehead atoms. The maximum Gasteiger partial charge on any atom is 0.243 e. The van der Waals surface area contributed by atoms with Crippen molar-refractivity contribution in [3.05, 3.63) is 53.6 Å². The van der Waals surface area contributed by atoms with Gasteiger partial charge in [0, 0.05) is 30.3 Å². The molecule has 0 spiro atoms. The van der Waals surface area contributed by atoms with Crippen LogP contribution in [0, 0.1) is 0 Å². The summed E-state index contributed by atoms with van der Waals surface area (Å²) in [5.41, 5.74) is 0.282. The smallest absolute Gasteiger partial charge is 0.243 e. The number of morpholine rings is 1. The Labute approximate surface area is 198 Å². The van der Waals surface area contributed by atoms with Crippen molar-refractivity contribution in [1.29, 1.82) is 0 Å². The van der Waals surface area contributed by atoms with E-state index in [2.05, 4.69) is 5.32 Å². The molecule has 2 aliphatic heterocycles. The Morgan fingerprint density at radius 2 is 1.64 bits per heavy atom. The summed E-state index contributed by atoms with van der Waals surface area (Å²) in [4.78, 5) is 13.1. The zero-order chi connectivity index (χ0) is 23.6. The molecule has 1 amide bonds. The Morgan fingerprint density at radius 3 is 2.33 bits per heavy atom. The van der Waals surface area contributed by atoms with Crippen molar-refractivity contribution in [2.24, 2.45) is 0 Å². The number of benzene rings is 2. The molecule has 2 saturated heterocycles. The Morgan fingerprint density at radius 1 is 0.939 bits per heavy atom. The van der Waals surface area contributed by atoms with Crippen molar-refractivity contribution in [2.45, 2.75) is 28.7 Å². The monoisotopic (exact) mass is 513 g/mol. The van der Waals surface area contributed by atoms with Crippen LogP contribution in [0.25, 0.3) is 0 Å². The van der Waals surface area contributed by atoms with Gasteiger partial charge >= 0.3 is 0 Å². The van der Waals surface area contributed by atoms with Gasteiger partial charge in [-0.3, -0.25) is 4.79 Å². The first-order valence-electron chi connectivity index (χ1n) is 10.5. The van der Waals surface area contributed by atoms with Gasteiger partial charge in [0.1, 0.15) is 6.04 Å². The van der Waals surface area contributed by atoms with Crippen LogP contribution in [-0.4, -0.2) is 70.2 Å². The quantitative estimate of drug-likeness (QED) is 0.633. The largest absolute Gasteiger partial charge is 0.379 e. The highest BCUT2D eigenvalue weighted by atomic mass is 35.5. The standard InChI is InChI=1S/C21H24ClN3O6S2/c22-16-6-8-18(9-7-16)33(29,30)25-10-2-5-20(25)21(26)23-17-3-1-4-19(15-17)32(27,28)24-11-13-31-14-12-24/h1,3-4,6-9,15,20H,2,5,10-14H2,(H,23,26)/t20-/m0/s1. The molecule has 2 aromatic carbocycles. The van der Waals surface area contributed by atoms with Crippen LogP contribution in [0.15, 0.2) is 58.3 Å². The zero-order valence-corrected chi connectivity index (χ0v) is 20.1. The van der Waals surface area contributed by atoms with E-state index in [1.807, 2.05) is 0 Å². The lowest BCUT2D eigenvalue weighted by molar-refractivity contribution is -0.119. The van der Waals surface area contributed by atoms with Crippen LogP contribution < -0.4 is 5.32 Å². The predicted molar refractivity (Wildman–Crippen MR) is 123 cm³/mol. The minimum atomic E-state index is -3.89. The van der Waals surface area contributed by atoms with Crippen LogP contribution >= 0.6 is 11.6 Å². The molecule has 2 heterocycles. The second-order valence-electron chi connectivity index (χ2n) is 7.76. The fraction of sp³-hybridized carbons (Fsp3) is 0.381. The summed E-state index contributed by atoms with van der Waals surface area (Å²) in [5.74, 6) is -0.508. The number of ether oxygens (including phenoxy) is 1. The maximum absolute atomic E-state index is 13.1. The number of nitrogens with zero attached hydrogens (tertiary/aromatic N) is 2.